The van der Waals surface area contributed by atoms with Crippen molar-refractivity contribution in [3.63, 3.8) is 0 Å². The fourth-order valence-corrected chi connectivity index (χ4v) is 3.00. The predicted octanol–water partition coefficient (Wildman–Crippen LogP) is 1.83. The van der Waals surface area contributed by atoms with E-state index in [-0.39, 0.29) is 35.4 Å². The minimum atomic E-state index is -0.0783. The van der Waals surface area contributed by atoms with E-state index in [1.165, 1.54) is 0 Å². The van der Waals surface area contributed by atoms with Gasteiger partial charge in [-0.25, -0.2) is 4.99 Å². The average Bonchev–Trinajstić information content (AvgIpc) is 2.70. The molecule has 1 heterocycles. The average molecular weight is 503 g/mol. The minimum Gasteiger partial charge on any atom is -0.379 e. The van der Waals surface area contributed by atoms with Crippen LogP contribution in [0.15, 0.2) is 29.3 Å². The van der Waals surface area contributed by atoms with Crippen molar-refractivity contribution in [3.8, 4) is 0 Å². The third-order valence-electron chi connectivity index (χ3n) is 4.76. The Hall–Kier alpha value is -1.39. The van der Waals surface area contributed by atoms with Crippen molar-refractivity contribution in [2.75, 3.05) is 46.4 Å². The number of amides is 1. The van der Waals surface area contributed by atoms with Crippen molar-refractivity contribution in [3.05, 3.63) is 35.4 Å². The quantitative estimate of drug-likeness (QED) is 0.301. The summed E-state index contributed by atoms with van der Waals surface area (Å²) in [5.74, 6) is 0.722. The Morgan fingerprint density at radius 2 is 1.82 bits per heavy atom. The molecule has 1 amide bonds. The second kappa shape index (κ2) is 12.2. The number of hydrogen-bond acceptors (Lipinski definition) is 4. The molecule has 7 nitrogen and oxygen atoms in total. The lowest BCUT2D eigenvalue weighted by Gasteiger charge is -2.41. The second-order valence-corrected chi connectivity index (χ2v) is 7.24. The molecule has 1 fully saturated rings. The molecule has 1 aliphatic heterocycles. The van der Waals surface area contributed by atoms with Gasteiger partial charge in [0.15, 0.2) is 5.96 Å². The maximum absolute atomic E-state index is 11.6. The van der Waals surface area contributed by atoms with Crippen LogP contribution >= 0.6 is 24.0 Å². The van der Waals surface area contributed by atoms with Gasteiger partial charge in [-0.1, -0.05) is 12.1 Å². The predicted molar refractivity (Wildman–Crippen MR) is 125 cm³/mol. The van der Waals surface area contributed by atoms with Gasteiger partial charge in [0.05, 0.1) is 19.8 Å². The summed E-state index contributed by atoms with van der Waals surface area (Å²) in [6.45, 7) is 12.2. The maximum Gasteiger partial charge on any atom is 0.251 e. The Morgan fingerprint density at radius 3 is 2.39 bits per heavy atom. The third kappa shape index (κ3) is 7.56. The van der Waals surface area contributed by atoms with Crippen LogP contribution in [0.1, 0.15) is 36.7 Å². The Kier molecular flexibility index (Phi) is 10.8. The van der Waals surface area contributed by atoms with E-state index in [0.717, 1.165) is 50.9 Å². The lowest BCUT2D eigenvalue weighted by molar-refractivity contribution is -0.00834. The summed E-state index contributed by atoms with van der Waals surface area (Å²) in [5, 5.41) is 9.39. The largest absolute Gasteiger partial charge is 0.379 e. The van der Waals surface area contributed by atoms with Crippen molar-refractivity contribution in [2.45, 2.75) is 32.9 Å². The number of carbonyl (C=O) groups is 1. The molecule has 0 aliphatic carbocycles. The van der Waals surface area contributed by atoms with E-state index in [4.69, 9.17) is 4.74 Å². The smallest absolute Gasteiger partial charge is 0.251 e. The molecule has 8 heteroatoms. The molecule has 158 valence electrons. The van der Waals surface area contributed by atoms with E-state index in [1.807, 2.05) is 24.3 Å². The Balaban J connectivity index is 0.00000392. The van der Waals surface area contributed by atoms with Crippen LogP contribution < -0.4 is 16.0 Å². The molecule has 0 saturated carbocycles. The number of benzene rings is 1. The van der Waals surface area contributed by atoms with Gasteiger partial charge in [-0.05, 0) is 38.5 Å². The number of guanidine groups is 1. The fraction of sp³-hybridized carbons (Fsp3) is 0.600. The highest BCUT2D eigenvalue weighted by Gasteiger charge is 2.28. The van der Waals surface area contributed by atoms with Gasteiger partial charge in [0, 0.05) is 44.3 Å². The van der Waals surface area contributed by atoms with Crippen LogP contribution in [-0.2, 0) is 11.3 Å². The van der Waals surface area contributed by atoms with Crippen LogP contribution in [0, 0.1) is 0 Å². The number of rotatable bonds is 7. The number of hydrogen-bond donors (Lipinski definition) is 3. The molecule has 0 bridgehead atoms. The number of morpholine rings is 1. The van der Waals surface area contributed by atoms with Gasteiger partial charge in [0.2, 0.25) is 0 Å². The van der Waals surface area contributed by atoms with Crippen LogP contribution in [0.25, 0.3) is 0 Å². The molecule has 0 unspecified atom stereocenters. The van der Waals surface area contributed by atoms with Crippen molar-refractivity contribution in [1.82, 2.24) is 20.9 Å². The topological polar surface area (TPSA) is 78.0 Å². The normalized spacial score (nSPS) is 15.5. The van der Waals surface area contributed by atoms with E-state index in [9.17, 15) is 4.79 Å². The van der Waals surface area contributed by atoms with Gasteiger partial charge in [0.1, 0.15) is 0 Å². The van der Waals surface area contributed by atoms with Crippen molar-refractivity contribution in [1.29, 1.82) is 0 Å². The molecule has 0 spiro atoms. The van der Waals surface area contributed by atoms with Gasteiger partial charge in [-0.3, -0.25) is 9.69 Å². The molecule has 1 aromatic rings. The zero-order valence-electron chi connectivity index (χ0n) is 17.4. The zero-order chi connectivity index (χ0) is 19.7. The highest BCUT2D eigenvalue weighted by molar-refractivity contribution is 14.0. The minimum absolute atomic E-state index is 0. The first-order chi connectivity index (χ1) is 13.0. The number of nitrogens with zero attached hydrogens (tertiary/aromatic N) is 2. The third-order valence-corrected chi connectivity index (χ3v) is 4.76. The molecule has 0 radical (unpaired) electrons. The molecule has 1 aliphatic rings. The van der Waals surface area contributed by atoms with Gasteiger partial charge in [-0.2, -0.15) is 0 Å². The van der Waals surface area contributed by atoms with Crippen LogP contribution in [0.4, 0.5) is 0 Å². The monoisotopic (exact) mass is 503 g/mol. The Labute approximate surface area is 185 Å². The number of ether oxygens (including phenoxy) is 1. The molecule has 0 atom stereocenters. The summed E-state index contributed by atoms with van der Waals surface area (Å²) in [6, 6.07) is 7.53. The molecular weight excluding hydrogens is 469 g/mol. The van der Waals surface area contributed by atoms with E-state index in [0.29, 0.717) is 12.1 Å². The molecule has 0 aromatic heterocycles. The van der Waals surface area contributed by atoms with Crippen LogP contribution in [0.5, 0.6) is 0 Å². The van der Waals surface area contributed by atoms with Gasteiger partial charge in [0.25, 0.3) is 5.91 Å². The van der Waals surface area contributed by atoms with Crippen LogP contribution in [0.2, 0.25) is 0 Å². The lowest BCUT2D eigenvalue weighted by Crippen LogP contribution is -2.56. The molecular formula is C20H34IN5O2. The van der Waals surface area contributed by atoms with Crippen molar-refractivity contribution < 1.29 is 9.53 Å². The van der Waals surface area contributed by atoms with Gasteiger partial charge in [-0.15, -0.1) is 24.0 Å². The van der Waals surface area contributed by atoms with E-state index in [1.54, 1.807) is 7.05 Å². The van der Waals surface area contributed by atoms with Crippen LogP contribution in [-0.4, -0.2) is 68.7 Å². The number of carbonyl (C=O) groups excluding carboxylic acids is 1. The summed E-state index contributed by atoms with van der Waals surface area (Å²) in [4.78, 5) is 18.7. The second-order valence-electron chi connectivity index (χ2n) is 7.24. The SMILES string of the molecule is CCNC(=NCc1ccc(C(=O)NC)cc1)NCC(C)(C)N1CCOCC1.I. The first kappa shape index (κ1) is 24.6. The summed E-state index contributed by atoms with van der Waals surface area (Å²) in [6.07, 6.45) is 0. The van der Waals surface area contributed by atoms with E-state index < -0.39 is 0 Å². The molecule has 3 N–H and O–H groups in total. The first-order valence-corrected chi connectivity index (χ1v) is 9.62. The number of nitrogens with one attached hydrogen (secondary N) is 3. The maximum atomic E-state index is 11.6. The van der Waals surface area contributed by atoms with E-state index in [2.05, 4.69) is 46.6 Å². The molecule has 2 rings (SSSR count). The highest BCUT2D eigenvalue weighted by Crippen LogP contribution is 2.15. The summed E-state index contributed by atoms with van der Waals surface area (Å²) in [5.41, 5.74) is 1.74. The van der Waals surface area contributed by atoms with Gasteiger partial charge < -0.3 is 20.7 Å². The van der Waals surface area contributed by atoms with Crippen LogP contribution in [0.3, 0.4) is 0 Å². The van der Waals surface area contributed by atoms with Crippen molar-refractivity contribution in [2.24, 2.45) is 4.99 Å². The molecule has 28 heavy (non-hydrogen) atoms. The highest BCUT2D eigenvalue weighted by atomic mass is 127. The summed E-state index contributed by atoms with van der Waals surface area (Å²) >= 11 is 0. The fourth-order valence-electron chi connectivity index (χ4n) is 3.00. The summed E-state index contributed by atoms with van der Waals surface area (Å²) < 4.78 is 5.45. The summed E-state index contributed by atoms with van der Waals surface area (Å²) in [7, 11) is 1.63. The Morgan fingerprint density at radius 1 is 1.18 bits per heavy atom. The zero-order valence-corrected chi connectivity index (χ0v) is 19.7. The lowest BCUT2D eigenvalue weighted by atomic mass is 10.0. The first-order valence-electron chi connectivity index (χ1n) is 9.62. The number of halogens is 1. The van der Waals surface area contributed by atoms with Gasteiger partial charge >= 0.3 is 0 Å². The molecule has 1 aromatic carbocycles. The Bertz CT molecular complexity index is 628. The number of aliphatic imine (C=N–C) groups is 1. The molecule has 1 saturated heterocycles. The van der Waals surface area contributed by atoms with E-state index >= 15 is 0 Å². The standard InChI is InChI=1S/C20H33N5O2.HI/c1-5-22-19(24-15-20(2,3)25-10-12-27-13-11-25)23-14-16-6-8-17(9-7-16)18(26)21-4;/h6-9H,5,10-15H2,1-4H3,(H,21,26)(H2,22,23,24);1H. The van der Waals surface area contributed by atoms with Crippen molar-refractivity contribution >= 4 is 35.8 Å².